The fraction of sp³-hybridized carbons (Fsp3) is 0.263. The molecule has 0 fully saturated rings. The molecule has 2 aromatic heterocycles. The van der Waals surface area contributed by atoms with Gasteiger partial charge in [-0.1, -0.05) is 30.3 Å². The van der Waals surface area contributed by atoms with Crippen molar-refractivity contribution in [1.29, 1.82) is 0 Å². The molecule has 118 valence electrons. The first-order valence-electron chi connectivity index (χ1n) is 7.85. The lowest BCUT2D eigenvalue weighted by Gasteiger charge is -2.27. The molecule has 4 heteroatoms. The van der Waals surface area contributed by atoms with Crippen molar-refractivity contribution in [2.45, 2.75) is 33.4 Å². The zero-order chi connectivity index (χ0) is 16.4. The minimum absolute atomic E-state index is 0.0139. The molecule has 0 N–H and O–H groups in total. The monoisotopic (exact) mass is 307 g/mol. The molecule has 0 unspecified atom stereocenters. The van der Waals surface area contributed by atoms with Crippen molar-refractivity contribution in [3.8, 4) is 0 Å². The standard InChI is InChI=1S/C19H21N3O/c1-14(2)22(13-16-8-5-4-6-9-16)19(23)17-10-7-11-21-12-15(3)20-18(17)21/h4-12,14H,13H2,1-3H3. The summed E-state index contributed by atoms with van der Waals surface area (Å²) in [6.45, 7) is 6.61. The van der Waals surface area contributed by atoms with Gasteiger partial charge >= 0.3 is 0 Å². The molecule has 1 aromatic carbocycles. The first-order valence-corrected chi connectivity index (χ1v) is 7.85. The van der Waals surface area contributed by atoms with E-state index in [1.165, 1.54) is 0 Å². The largest absolute Gasteiger partial charge is 0.332 e. The van der Waals surface area contributed by atoms with Gasteiger partial charge in [0.2, 0.25) is 0 Å². The van der Waals surface area contributed by atoms with Crippen molar-refractivity contribution in [3.63, 3.8) is 0 Å². The van der Waals surface area contributed by atoms with Crippen LogP contribution in [0.25, 0.3) is 5.65 Å². The van der Waals surface area contributed by atoms with Crippen molar-refractivity contribution < 1.29 is 4.79 Å². The lowest BCUT2D eigenvalue weighted by molar-refractivity contribution is 0.0692. The van der Waals surface area contributed by atoms with Gasteiger partial charge in [-0.2, -0.15) is 0 Å². The molecule has 0 aliphatic rings. The van der Waals surface area contributed by atoms with Crippen LogP contribution in [0.5, 0.6) is 0 Å². The highest BCUT2D eigenvalue weighted by molar-refractivity contribution is 6.00. The van der Waals surface area contributed by atoms with Crippen molar-refractivity contribution in [3.05, 3.63) is 71.7 Å². The van der Waals surface area contributed by atoms with E-state index in [1.807, 2.05) is 84.9 Å². The second-order valence-electron chi connectivity index (χ2n) is 6.05. The highest BCUT2D eigenvalue weighted by Crippen LogP contribution is 2.17. The van der Waals surface area contributed by atoms with Crippen LogP contribution in [0, 0.1) is 6.92 Å². The van der Waals surface area contributed by atoms with E-state index in [0.717, 1.165) is 11.3 Å². The maximum atomic E-state index is 13.1. The van der Waals surface area contributed by atoms with Crippen LogP contribution in [-0.2, 0) is 6.54 Å². The third-order valence-corrected chi connectivity index (χ3v) is 3.91. The second kappa shape index (κ2) is 6.24. The van der Waals surface area contributed by atoms with Crippen LogP contribution in [0.4, 0.5) is 0 Å². The van der Waals surface area contributed by atoms with Gasteiger partial charge in [-0.25, -0.2) is 4.98 Å². The van der Waals surface area contributed by atoms with Crippen LogP contribution in [0.1, 0.15) is 35.5 Å². The van der Waals surface area contributed by atoms with Crippen LogP contribution in [0.15, 0.2) is 54.9 Å². The Kier molecular flexibility index (Phi) is 4.15. The summed E-state index contributed by atoms with van der Waals surface area (Å²) in [7, 11) is 0. The number of amides is 1. The van der Waals surface area contributed by atoms with Gasteiger partial charge in [-0.15, -0.1) is 0 Å². The number of benzene rings is 1. The summed E-state index contributed by atoms with van der Waals surface area (Å²) in [6, 6.07) is 13.9. The van der Waals surface area contributed by atoms with E-state index in [-0.39, 0.29) is 11.9 Å². The number of nitrogens with zero attached hydrogens (tertiary/aromatic N) is 3. The first kappa shape index (κ1) is 15.3. The average Bonchev–Trinajstić information content (AvgIpc) is 2.92. The topological polar surface area (TPSA) is 37.6 Å². The van der Waals surface area contributed by atoms with Gasteiger partial charge in [0.1, 0.15) is 5.65 Å². The Labute approximate surface area is 136 Å². The lowest BCUT2D eigenvalue weighted by atomic mass is 10.1. The summed E-state index contributed by atoms with van der Waals surface area (Å²) in [5, 5.41) is 0. The predicted octanol–water partition coefficient (Wildman–Crippen LogP) is 3.69. The Bertz CT molecular complexity index is 821. The van der Waals surface area contributed by atoms with Crippen molar-refractivity contribution in [2.24, 2.45) is 0 Å². The van der Waals surface area contributed by atoms with E-state index in [4.69, 9.17) is 0 Å². The number of carbonyl (C=O) groups is 1. The zero-order valence-electron chi connectivity index (χ0n) is 13.7. The number of pyridine rings is 1. The highest BCUT2D eigenvalue weighted by Gasteiger charge is 2.22. The van der Waals surface area contributed by atoms with E-state index in [0.29, 0.717) is 17.8 Å². The number of hydrogen-bond donors (Lipinski definition) is 0. The van der Waals surface area contributed by atoms with Crippen LogP contribution >= 0.6 is 0 Å². The van der Waals surface area contributed by atoms with Crippen molar-refractivity contribution in [1.82, 2.24) is 14.3 Å². The lowest BCUT2D eigenvalue weighted by Crippen LogP contribution is -2.36. The molecule has 23 heavy (non-hydrogen) atoms. The summed E-state index contributed by atoms with van der Waals surface area (Å²) in [6.07, 6.45) is 3.85. The van der Waals surface area contributed by atoms with Gasteiger partial charge in [0.25, 0.3) is 5.91 Å². The molecule has 4 nitrogen and oxygen atoms in total. The Hall–Kier alpha value is -2.62. The minimum atomic E-state index is 0.0139. The quantitative estimate of drug-likeness (QED) is 0.737. The van der Waals surface area contributed by atoms with E-state index in [2.05, 4.69) is 4.98 Å². The molecule has 0 radical (unpaired) electrons. The number of rotatable bonds is 4. The van der Waals surface area contributed by atoms with E-state index in [9.17, 15) is 4.79 Å². The molecule has 0 bridgehead atoms. The van der Waals surface area contributed by atoms with Gasteiger partial charge in [-0.3, -0.25) is 4.79 Å². The summed E-state index contributed by atoms with van der Waals surface area (Å²) in [5.41, 5.74) is 3.39. The average molecular weight is 307 g/mol. The molecule has 3 rings (SSSR count). The van der Waals surface area contributed by atoms with Crippen LogP contribution in [0.2, 0.25) is 0 Å². The van der Waals surface area contributed by atoms with E-state index < -0.39 is 0 Å². The predicted molar refractivity (Wildman–Crippen MR) is 91.4 cm³/mol. The third kappa shape index (κ3) is 3.11. The maximum Gasteiger partial charge on any atom is 0.258 e. The molecule has 0 saturated carbocycles. The van der Waals surface area contributed by atoms with E-state index in [1.54, 1.807) is 0 Å². The van der Waals surface area contributed by atoms with Crippen molar-refractivity contribution in [2.75, 3.05) is 0 Å². The fourth-order valence-corrected chi connectivity index (χ4v) is 2.73. The summed E-state index contributed by atoms with van der Waals surface area (Å²) >= 11 is 0. The number of imidazole rings is 1. The Morgan fingerprint density at radius 2 is 1.91 bits per heavy atom. The van der Waals surface area contributed by atoms with E-state index >= 15 is 0 Å². The fourth-order valence-electron chi connectivity index (χ4n) is 2.73. The maximum absolute atomic E-state index is 13.1. The Morgan fingerprint density at radius 1 is 1.17 bits per heavy atom. The normalized spacial score (nSPS) is 11.1. The summed E-state index contributed by atoms with van der Waals surface area (Å²) < 4.78 is 1.91. The smallest absolute Gasteiger partial charge is 0.258 e. The molecule has 0 aliphatic heterocycles. The van der Waals surface area contributed by atoms with Crippen LogP contribution < -0.4 is 0 Å². The molecule has 3 aromatic rings. The van der Waals surface area contributed by atoms with Crippen LogP contribution in [-0.4, -0.2) is 26.2 Å². The second-order valence-corrected chi connectivity index (χ2v) is 6.05. The Morgan fingerprint density at radius 3 is 2.61 bits per heavy atom. The number of hydrogen-bond acceptors (Lipinski definition) is 2. The number of aromatic nitrogens is 2. The van der Waals surface area contributed by atoms with Gasteiger partial charge in [-0.05, 0) is 38.5 Å². The minimum Gasteiger partial charge on any atom is -0.332 e. The van der Waals surface area contributed by atoms with Gasteiger partial charge < -0.3 is 9.30 Å². The van der Waals surface area contributed by atoms with Crippen LogP contribution in [0.3, 0.4) is 0 Å². The molecule has 0 aliphatic carbocycles. The van der Waals surface area contributed by atoms with Crippen molar-refractivity contribution >= 4 is 11.6 Å². The van der Waals surface area contributed by atoms with Gasteiger partial charge in [0.15, 0.2) is 0 Å². The van der Waals surface area contributed by atoms with Gasteiger partial charge in [0, 0.05) is 25.0 Å². The number of carbonyl (C=O) groups excluding carboxylic acids is 1. The molecule has 1 amide bonds. The zero-order valence-corrected chi connectivity index (χ0v) is 13.7. The Balaban J connectivity index is 1.97. The molecular weight excluding hydrogens is 286 g/mol. The molecular formula is C19H21N3O. The first-order chi connectivity index (χ1) is 11.1. The SMILES string of the molecule is Cc1cn2cccc(C(=O)N(Cc3ccccc3)C(C)C)c2n1. The molecule has 0 spiro atoms. The summed E-state index contributed by atoms with van der Waals surface area (Å²) in [5.74, 6) is 0.0139. The molecule has 0 atom stereocenters. The number of aryl methyl sites for hydroxylation is 1. The molecule has 2 heterocycles. The molecule has 0 saturated heterocycles. The third-order valence-electron chi connectivity index (χ3n) is 3.91. The number of fused-ring (bicyclic) bond motifs is 1. The highest BCUT2D eigenvalue weighted by atomic mass is 16.2. The van der Waals surface area contributed by atoms with Gasteiger partial charge in [0.05, 0.1) is 11.3 Å². The summed E-state index contributed by atoms with van der Waals surface area (Å²) in [4.78, 5) is 19.5.